The van der Waals surface area contributed by atoms with Gasteiger partial charge in [-0.25, -0.2) is 4.98 Å². The quantitative estimate of drug-likeness (QED) is 0.434. The molecule has 0 radical (unpaired) electrons. The van der Waals surface area contributed by atoms with E-state index in [0.29, 0.717) is 17.9 Å². The van der Waals surface area contributed by atoms with Gasteiger partial charge in [0.05, 0.1) is 35.3 Å². The van der Waals surface area contributed by atoms with Crippen molar-refractivity contribution in [2.45, 2.75) is 26.3 Å². The lowest BCUT2D eigenvalue weighted by atomic mass is 10.1. The van der Waals surface area contributed by atoms with Crippen LogP contribution in [0.5, 0.6) is 5.75 Å². The van der Waals surface area contributed by atoms with Crippen molar-refractivity contribution in [2.24, 2.45) is 0 Å². The number of ether oxygens (including phenoxy) is 1. The Labute approximate surface area is 172 Å². The van der Waals surface area contributed by atoms with Gasteiger partial charge in [0.25, 0.3) is 5.69 Å². The highest BCUT2D eigenvalue weighted by Crippen LogP contribution is 2.32. The molecule has 0 bridgehead atoms. The Bertz CT molecular complexity index is 1020. The van der Waals surface area contributed by atoms with E-state index in [1.807, 2.05) is 36.6 Å². The second-order valence-corrected chi connectivity index (χ2v) is 7.25. The van der Waals surface area contributed by atoms with Crippen LogP contribution in [0, 0.1) is 10.1 Å². The fourth-order valence-corrected chi connectivity index (χ4v) is 3.73. The van der Waals surface area contributed by atoms with Crippen molar-refractivity contribution in [3.05, 3.63) is 75.3 Å². The number of nitro groups is 1. The van der Waals surface area contributed by atoms with Crippen LogP contribution < -0.4 is 10.1 Å². The summed E-state index contributed by atoms with van der Waals surface area (Å²) in [5.41, 5.74) is 2.24. The topological polar surface area (TPSA) is 94.4 Å². The Morgan fingerprint density at radius 2 is 2.07 bits per heavy atom. The van der Waals surface area contributed by atoms with Gasteiger partial charge in [-0.2, -0.15) is 0 Å². The summed E-state index contributed by atoms with van der Waals surface area (Å²) in [5.74, 6) is 0.568. The van der Waals surface area contributed by atoms with Crippen molar-refractivity contribution >= 4 is 22.9 Å². The molecule has 0 fully saturated rings. The highest BCUT2D eigenvalue weighted by Gasteiger charge is 2.16. The molecule has 3 rings (SSSR count). The number of nitro benzene ring substituents is 1. The lowest BCUT2D eigenvalue weighted by Crippen LogP contribution is -2.28. The molecule has 0 aliphatic rings. The molecule has 1 N–H and O–H groups in total. The van der Waals surface area contributed by atoms with Gasteiger partial charge >= 0.3 is 0 Å². The first-order valence-corrected chi connectivity index (χ1v) is 10.1. The van der Waals surface area contributed by atoms with Crippen molar-refractivity contribution in [1.29, 1.82) is 0 Å². The Balaban J connectivity index is 1.66. The maximum Gasteiger partial charge on any atom is 0.269 e. The number of nitrogens with one attached hydrogen (secondary N) is 1. The fourth-order valence-electron chi connectivity index (χ4n) is 2.88. The highest BCUT2D eigenvalue weighted by molar-refractivity contribution is 7.13. The summed E-state index contributed by atoms with van der Waals surface area (Å²) in [5, 5.41) is 16.4. The Morgan fingerprint density at radius 1 is 1.28 bits per heavy atom. The zero-order valence-corrected chi connectivity index (χ0v) is 16.9. The Hall–Kier alpha value is -3.26. The third kappa shape index (κ3) is 5.17. The molecule has 1 aromatic heterocycles. The van der Waals surface area contributed by atoms with E-state index in [-0.39, 0.29) is 24.1 Å². The minimum absolute atomic E-state index is 0.000653. The Kier molecular flexibility index (Phi) is 6.56. The number of aromatic nitrogens is 1. The molecule has 0 aliphatic carbocycles. The molecule has 7 nitrogen and oxygen atoms in total. The van der Waals surface area contributed by atoms with Crippen LogP contribution in [0.15, 0.2) is 53.9 Å². The van der Waals surface area contributed by atoms with Crippen LogP contribution >= 0.6 is 11.3 Å². The number of non-ortho nitro benzene ring substituents is 1. The van der Waals surface area contributed by atoms with Crippen molar-refractivity contribution in [2.75, 3.05) is 6.61 Å². The van der Waals surface area contributed by atoms with E-state index >= 15 is 0 Å². The van der Waals surface area contributed by atoms with Gasteiger partial charge in [-0.3, -0.25) is 14.9 Å². The predicted octanol–water partition coefficient (Wildman–Crippen LogP) is 4.54. The zero-order chi connectivity index (χ0) is 20.8. The number of benzene rings is 2. The van der Waals surface area contributed by atoms with Crippen LogP contribution in [0.4, 0.5) is 5.69 Å². The zero-order valence-electron chi connectivity index (χ0n) is 16.1. The van der Waals surface area contributed by atoms with Crippen LogP contribution in [0.25, 0.3) is 10.6 Å². The van der Waals surface area contributed by atoms with Gasteiger partial charge in [0.15, 0.2) is 0 Å². The summed E-state index contributed by atoms with van der Waals surface area (Å²) in [7, 11) is 0. The molecule has 8 heteroatoms. The first kappa shape index (κ1) is 20.5. The third-order valence-electron chi connectivity index (χ3n) is 4.27. The second-order valence-electron chi connectivity index (χ2n) is 6.39. The first-order valence-electron chi connectivity index (χ1n) is 9.18. The highest BCUT2D eigenvalue weighted by atomic mass is 32.1. The molecule has 29 heavy (non-hydrogen) atoms. The van der Waals surface area contributed by atoms with Crippen LogP contribution in [-0.2, 0) is 11.2 Å². The number of para-hydroxylation sites is 1. The van der Waals surface area contributed by atoms with E-state index in [4.69, 9.17) is 4.74 Å². The van der Waals surface area contributed by atoms with E-state index in [0.717, 1.165) is 16.3 Å². The number of thiazole rings is 1. The third-order valence-corrected chi connectivity index (χ3v) is 5.19. The summed E-state index contributed by atoms with van der Waals surface area (Å²) in [6, 6.07) is 13.6. The van der Waals surface area contributed by atoms with Gasteiger partial charge in [-0.05, 0) is 31.5 Å². The van der Waals surface area contributed by atoms with Gasteiger partial charge < -0.3 is 10.1 Å². The molecule has 2 aromatic carbocycles. The van der Waals surface area contributed by atoms with Crippen molar-refractivity contribution < 1.29 is 14.5 Å². The average molecular weight is 411 g/mol. The predicted molar refractivity (Wildman–Crippen MR) is 112 cm³/mol. The number of nitrogens with zero attached hydrogens (tertiary/aromatic N) is 2. The van der Waals surface area contributed by atoms with E-state index in [9.17, 15) is 14.9 Å². The molecule has 0 saturated carbocycles. The Morgan fingerprint density at radius 3 is 2.83 bits per heavy atom. The summed E-state index contributed by atoms with van der Waals surface area (Å²) in [6.07, 6.45) is 0.132. The minimum Gasteiger partial charge on any atom is -0.493 e. The van der Waals surface area contributed by atoms with Crippen LogP contribution in [0.2, 0.25) is 0 Å². The number of carbonyl (C=O) groups excluding carboxylic acids is 1. The van der Waals surface area contributed by atoms with Gasteiger partial charge in [-0.15, -0.1) is 11.3 Å². The normalized spacial score (nSPS) is 11.7. The molecule has 0 aliphatic heterocycles. The second kappa shape index (κ2) is 9.29. The summed E-state index contributed by atoms with van der Waals surface area (Å²) < 4.78 is 5.65. The molecule has 1 atom stereocenters. The SMILES string of the molecule is CCOc1ccccc1-c1nc(CC(=O)NC(C)c2cccc([N+](=O)[O-])c2)cs1. The molecule has 1 heterocycles. The molecule has 0 spiro atoms. The molecule has 3 aromatic rings. The molecule has 150 valence electrons. The standard InChI is InChI=1S/C21H21N3O4S/c1-3-28-19-10-5-4-9-18(19)21-23-16(13-29-21)12-20(25)22-14(2)15-7-6-8-17(11-15)24(26)27/h4-11,13-14H,3,12H2,1-2H3,(H,22,25). The van der Waals surface area contributed by atoms with Gasteiger partial charge in [0.1, 0.15) is 10.8 Å². The van der Waals surface area contributed by atoms with E-state index in [1.54, 1.807) is 19.1 Å². The summed E-state index contributed by atoms with van der Waals surface area (Å²) in [6.45, 7) is 4.28. The van der Waals surface area contributed by atoms with Gasteiger partial charge in [0.2, 0.25) is 5.91 Å². The minimum atomic E-state index is -0.449. The van der Waals surface area contributed by atoms with Gasteiger partial charge in [-0.1, -0.05) is 24.3 Å². The molecule has 1 amide bonds. The van der Waals surface area contributed by atoms with E-state index in [2.05, 4.69) is 10.3 Å². The number of carbonyl (C=O) groups is 1. The number of hydrogen-bond donors (Lipinski definition) is 1. The average Bonchev–Trinajstić information content (AvgIpc) is 3.16. The summed E-state index contributed by atoms with van der Waals surface area (Å²) >= 11 is 1.46. The number of hydrogen-bond acceptors (Lipinski definition) is 6. The lowest BCUT2D eigenvalue weighted by molar-refractivity contribution is -0.384. The molecule has 1 unspecified atom stereocenters. The van der Waals surface area contributed by atoms with E-state index in [1.165, 1.54) is 23.5 Å². The summed E-state index contributed by atoms with van der Waals surface area (Å²) in [4.78, 5) is 27.5. The molecular formula is C21H21N3O4S. The maximum atomic E-state index is 12.4. The monoisotopic (exact) mass is 411 g/mol. The van der Waals surface area contributed by atoms with Crippen LogP contribution in [-0.4, -0.2) is 22.4 Å². The van der Waals surface area contributed by atoms with Crippen molar-refractivity contribution in [3.8, 4) is 16.3 Å². The fraction of sp³-hybridized carbons (Fsp3) is 0.238. The largest absolute Gasteiger partial charge is 0.493 e. The van der Waals surface area contributed by atoms with Crippen molar-refractivity contribution in [3.63, 3.8) is 0 Å². The first-order chi connectivity index (χ1) is 14.0. The maximum absolute atomic E-state index is 12.4. The number of amides is 1. The van der Waals surface area contributed by atoms with Gasteiger partial charge in [0, 0.05) is 17.5 Å². The van der Waals surface area contributed by atoms with Crippen molar-refractivity contribution in [1.82, 2.24) is 10.3 Å². The molecule has 0 saturated heterocycles. The number of rotatable bonds is 8. The van der Waals surface area contributed by atoms with E-state index < -0.39 is 4.92 Å². The smallest absolute Gasteiger partial charge is 0.269 e. The van der Waals surface area contributed by atoms with Crippen LogP contribution in [0.1, 0.15) is 31.1 Å². The van der Waals surface area contributed by atoms with Crippen LogP contribution in [0.3, 0.4) is 0 Å². The lowest BCUT2D eigenvalue weighted by Gasteiger charge is -2.13. The molecular weight excluding hydrogens is 390 g/mol.